The van der Waals surface area contributed by atoms with Gasteiger partial charge in [0, 0.05) is 5.41 Å². The van der Waals surface area contributed by atoms with E-state index in [9.17, 15) is 27.4 Å². The number of benzene rings is 1. The number of amides is 1. The number of ether oxygens (including phenoxy) is 2. The third-order valence-electron chi connectivity index (χ3n) is 6.03. The van der Waals surface area contributed by atoms with Crippen LogP contribution in [0.2, 0.25) is 0 Å². The van der Waals surface area contributed by atoms with Crippen LogP contribution in [0.15, 0.2) is 29.2 Å². The summed E-state index contributed by atoms with van der Waals surface area (Å²) in [6.07, 6.45) is -1.78. The van der Waals surface area contributed by atoms with Gasteiger partial charge in [-0.05, 0) is 39.8 Å². The second kappa shape index (κ2) is 11.3. The molecule has 2 N–H and O–H groups in total. The highest BCUT2D eigenvalue weighted by Crippen LogP contribution is 2.37. The van der Waals surface area contributed by atoms with E-state index in [1.54, 1.807) is 48.5 Å². The van der Waals surface area contributed by atoms with Crippen molar-refractivity contribution in [1.82, 2.24) is 0 Å². The monoisotopic (exact) mass is 513 g/mol. The van der Waals surface area contributed by atoms with Crippen LogP contribution in [0.5, 0.6) is 0 Å². The van der Waals surface area contributed by atoms with E-state index in [1.807, 2.05) is 13.8 Å². The van der Waals surface area contributed by atoms with Gasteiger partial charge in [0.1, 0.15) is 17.6 Å². The second-order valence-corrected chi connectivity index (χ2v) is 12.3. The molecular weight excluding hydrogens is 474 g/mol. The largest absolute Gasteiger partial charge is 0.371 e. The van der Waals surface area contributed by atoms with Gasteiger partial charge in [-0.3, -0.25) is 18.9 Å². The van der Waals surface area contributed by atoms with E-state index in [0.717, 1.165) is 6.07 Å². The lowest BCUT2D eigenvalue weighted by Crippen LogP contribution is -2.52. The number of hydrogen-bond acceptors (Lipinski definition) is 7. The zero-order valence-corrected chi connectivity index (χ0v) is 22.9. The molecule has 1 aromatic rings. The number of para-hydroxylation sites is 1. The minimum atomic E-state index is -4.58. The number of hydrogen-bond donors (Lipinski definition) is 2. The van der Waals surface area contributed by atoms with Crippen LogP contribution in [0.3, 0.4) is 0 Å². The molecule has 1 aromatic carbocycles. The van der Waals surface area contributed by atoms with Gasteiger partial charge in [-0.2, -0.15) is 8.42 Å². The topological polar surface area (TPSA) is 136 Å². The van der Waals surface area contributed by atoms with E-state index >= 15 is 0 Å². The van der Waals surface area contributed by atoms with Gasteiger partial charge in [0.15, 0.2) is 11.6 Å². The van der Waals surface area contributed by atoms with E-state index in [4.69, 9.17) is 9.47 Å². The first kappa shape index (κ1) is 30.9. The molecular formula is C25H39NO8S. The molecule has 10 heteroatoms. The Labute approximate surface area is 208 Å². The second-order valence-electron chi connectivity index (χ2n) is 10.9. The van der Waals surface area contributed by atoms with E-state index in [2.05, 4.69) is 5.32 Å². The fourth-order valence-corrected chi connectivity index (χ4v) is 3.74. The van der Waals surface area contributed by atoms with Crippen LogP contribution < -0.4 is 5.32 Å². The lowest BCUT2D eigenvalue weighted by molar-refractivity contribution is -0.176. The van der Waals surface area contributed by atoms with Crippen molar-refractivity contribution in [3.63, 3.8) is 0 Å². The molecule has 1 amide bonds. The maximum absolute atomic E-state index is 13.2. The van der Waals surface area contributed by atoms with Crippen molar-refractivity contribution in [3.05, 3.63) is 24.3 Å². The summed E-state index contributed by atoms with van der Waals surface area (Å²) in [6.45, 7) is 15.3. The van der Waals surface area contributed by atoms with Crippen LogP contribution in [0.4, 0.5) is 5.69 Å². The zero-order chi connectivity index (χ0) is 27.4. The third-order valence-corrected chi connectivity index (χ3v) is 6.94. The number of ketones is 2. The zero-order valence-electron chi connectivity index (χ0n) is 22.1. The lowest BCUT2D eigenvalue weighted by Gasteiger charge is -2.43. The average Bonchev–Trinajstić information content (AvgIpc) is 2.69. The molecule has 0 aromatic heterocycles. The minimum absolute atomic E-state index is 0.123. The van der Waals surface area contributed by atoms with Crippen LogP contribution in [-0.2, 0) is 34.0 Å². The smallest absolute Gasteiger partial charge is 0.296 e. The SMILES string of the molecule is CC(C)OCC(=O)C(C)(C)C(C)(C)OC(CC(=O)Nc1ccccc1S(=O)(=O)O)C(=O)C(C)(C)C. The van der Waals surface area contributed by atoms with Crippen LogP contribution >= 0.6 is 0 Å². The first-order valence-electron chi connectivity index (χ1n) is 11.4. The number of carbonyl (C=O) groups excluding carboxylic acids is 3. The maximum atomic E-state index is 13.2. The Morgan fingerprint density at radius 2 is 1.54 bits per heavy atom. The quantitative estimate of drug-likeness (QED) is 0.399. The number of nitrogens with one attached hydrogen (secondary N) is 1. The molecule has 9 nitrogen and oxygen atoms in total. The van der Waals surface area contributed by atoms with Gasteiger partial charge in [-0.1, -0.05) is 46.8 Å². The Hall–Kier alpha value is -2.14. The average molecular weight is 514 g/mol. The number of carbonyl (C=O) groups is 3. The van der Waals surface area contributed by atoms with Crippen LogP contribution in [0.25, 0.3) is 0 Å². The molecule has 0 heterocycles. The molecule has 0 radical (unpaired) electrons. The Kier molecular flexibility index (Phi) is 9.96. The summed E-state index contributed by atoms with van der Waals surface area (Å²) in [6, 6.07) is 5.37. The van der Waals surface area contributed by atoms with Gasteiger partial charge in [0.2, 0.25) is 5.91 Å². The molecule has 0 saturated heterocycles. The fraction of sp³-hybridized carbons (Fsp3) is 0.640. The summed E-state index contributed by atoms with van der Waals surface area (Å²) < 4.78 is 44.3. The highest BCUT2D eigenvalue weighted by molar-refractivity contribution is 7.86. The first-order valence-corrected chi connectivity index (χ1v) is 12.9. The summed E-state index contributed by atoms with van der Waals surface area (Å²) in [5.74, 6) is -1.26. The Morgan fingerprint density at radius 1 is 1.00 bits per heavy atom. The van der Waals surface area contributed by atoms with Gasteiger partial charge >= 0.3 is 0 Å². The molecule has 0 aliphatic carbocycles. The highest BCUT2D eigenvalue weighted by Gasteiger charge is 2.47. The molecule has 0 fully saturated rings. The Bertz CT molecular complexity index is 1040. The third kappa shape index (κ3) is 8.49. The molecule has 0 aliphatic heterocycles. The summed E-state index contributed by atoms with van der Waals surface area (Å²) in [7, 11) is -4.58. The van der Waals surface area contributed by atoms with Crippen molar-refractivity contribution >= 4 is 33.3 Å². The Balaban J connectivity index is 3.22. The molecule has 0 aliphatic rings. The van der Waals surface area contributed by atoms with Crippen molar-refractivity contribution in [2.75, 3.05) is 11.9 Å². The normalized spacial score (nSPS) is 14.0. The van der Waals surface area contributed by atoms with Crippen molar-refractivity contribution in [1.29, 1.82) is 0 Å². The molecule has 1 atom stereocenters. The fourth-order valence-electron chi connectivity index (χ4n) is 3.10. The lowest BCUT2D eigenvalue weighted by atomic mass is 9.73. The van der Waals surface area contributed by atoms with E-state index in [-0.39, 0.29) is 30.0 Å². The van der Waals surface area contributed by atoms with E-state index in [1.165, 1.54) is 18.2 Å². The molecule has 1 unspecified atom stereocenters. The summed E-state index contributed by atoms with van der Waals surface area (Å²) in [5.41, 5.74) is -3.21. The van der Waals surface area contributed by atoms with Gasteiger partial charge in [-0.15, -0.1) is 0 Å². The van der Waals surface area contributed by atoms with Gasteiger partial charge < -0.3 is 14.8 Å². The van der Waals surface area contributed by atoms with Gasteiger partial charge in [0.05, 0.1) is 29.2 Å². The number of anilines is 1. The van der Waals surface area contributed by atoms with Crippen molar-refractivity contribution < 1.29 is 36.8 Å². The van der Waals surface area contributed by atoms with Crippen LogP contribution in [0.1, 0.15) is 68.7 Å². The van der Waals surface area contributed by atoms with Gasteiger partial charge in [-0.25, -0.2) is 0 Å². The van der Waals surface area contributed by atoms with E-state index < -0.39 is 49.9 Å². The van der Waals surface area contributed by atoms with E-state index in [0.29, 0.717) is 0 Å². The number of rotatable bonds is 12. The first-order chi connectivity index (χ1) is 15.7. The maximum Gasteiger partial charge on any atom is 0.296 e. The highest BCUT2D eigenvalue weighted by atomic mass is 32.2. The molecule has 0 saturated carbocycles. The molecule has 198 valence electrons. The van der Waals surface area contributed by atoms with Crippen LogP contribution in [0, 0.1) is 10.8 Å². The van der Waals surface area contributed by atoms with Crippen molar-refractivity contribution in [2.45, 2.75) is 91.4 Å². The molecule has 0 spiro atoms. The minimum Gasteiger partial charge on any atom is -0.371 e. The summed E-state index contributed by atoms with van der Waals surface area (Å²) >= 11 is 0. The van der Waals surface area contributed by atoms with Crippen molar-refractivity contribution in [2.24, 2.45) is 10.8 Å². The predicted octanol–water partition coefficient (Wildman–Crippen LogP) is 4.06. The standard InChI is InChI=1S/C25H39NO8S/c1-16(2)33-15-20(27)24(6,7)25(8,9)34-18(22(29)23(3,4)5)14-21(28)26-17-12-10-11-13-19(17)35(30,31)32/h10-13,16,18H,14-15H2,1-9H3,(H,26,28)(H,30,31,32). The molecule has 1 rings (SSSR count). The Morgan fingerprint density at radius 3 is 2.03 bits per heavy atom. The van der Waals surface area contributed by atoms with Gasteiger partial charge in [0.25, 0.3) is 10.1 Å². The summed E-state index contributed by atoms with van der Waals surface area (Å²) in [4.78, 5) is 38.5. The van der Waals surface area contributed by atoms with Crippen LogP contribution in [-0.4, -0.2) is 54.9 Å². The van der Waals surface area contributed by atoms with Crippen molar-refractivity contribution in [3.8, 4) is 0 Å². The summed E-state index contributed by atoms with van der Waals surface area (Å²) in [5, 5.41) is 2.44. The number of Topliss-reactive ketones (excluding diaryl/α,β-unsaturated/α-hetero) is 2. The molecule has 35 heavy (non-hydrogen) atoms. The molecule has 0 bridgehead atoms. The predicted molar refractivity (Wildman–Crippen MR) is 133 cm³/mol.